The van der Waals surface area contributed by atoms with Gasteiger partial charge in [-0.1, -0.05) is 39.3 Å². The van der Waals surface area contributed by atoms with E-state index < -0.39 is 0 Å². The third kappa shape index (κ3) is 4.66. The number of fused-ring (bicyclic) bond motifs is 5. The van der Waals surface area contributed by atoms with Crippen LogP contribution in [0, 0.1) is 39.9 Å². The quantitative estimate of drug-likeness (QED) is 0.327. The molecule has 4 heteroatoms. The first kappa shape index (κ1) is 25.5. The number of hydrogen-bond acceptors (Lipinski definition) is 4. The number of piperidine rings is 1. The van der Waals surface area contributed by atoms with Gasteiger partial charge in [-0.05, 0) is 105 Å². The molecule has 4 nitrogen and oxygen atoms in total. The Bertz CT molecular complexity index is 876. The molecular formula is C31H49NO3. The fraction of sp³-hybridized carbons (Fsp3) is 0.871. The first-order chi connectivity index (χ1) is 16.5. The Morgan fingerprint density at radius 3 is 2.57 bits per heavy atom. The van der Waals surface area contributed by atoms with Crippen molar-refractivity contribution in [1.82, 2.24) is 4.90 Å². The molecule has 0 bridgehead atoms. The summed E-state index contributed by atoms with van der Waals surface area (Å²) in [7, 11) is 0. The van der Waals surface area contributed by atoms with E-state index in [1.807, 2.05) is 6.92 Å². The van der Waals surface area contributed by atoms with Crippen molar-refractivity contribution in [3.63, 3.8) is 0 Å². The van der Waals surface area contributed by atoms with Gasteiger partial charge in [-0.2, -0.15) is 0 Å². The molecule has 0 spiro atoms. The predicted octanol–water partition coefficient (Wildman–Crippen LogP) is 6.58. The number of ketones is 1. The molecule has 7 atom stereocenters. The maximum atomic E-state index is 12.7. The van der Waals surface area contributed by atoms with Crippen LogP contribution in [-0.2, 0) is 14.3 Å². The summed E-state index contributed by atoms with van der Waals surface area (Å²) in [6, 6.07) is 0. The molecule has 1 saturated heterocycles. The molecule has 0 aromatic heterocycles. The summed E-state index contributed by atoms with van der Waals surface area (Å²) in [6.07, 6.45) is 14.6. The Morgan fingerprint density at radius 1 is 1.03 bits per heavy atom. The maximum absolute atomic E-state index is 12.7. The molecule has 1 aliphatic heterocycles. The molecule has 5 rings (SSSR count). The summed E-state index contributed by atoms with van der Waals surface area (Å²) in [6.45, 7) is 14.5. The Morgan fingerprint density at radius 2 is 1.83 bits per heavy atom. The van der Waals surface area contributed by atoms with E-state index in [0.717, 1.165) is 63.6 Å². The van der Waals surface area contributed by atoms with E-state index in [2.05, 4.69) is 38.7 Å². The van der Waals surface area contributed by atoms with Crippen molar-refractivity contribution in [3.8, 4) is 0 Å². The first-order valence-corrected chi connectivity index (χ1v) is 14.6. The third-order valence-corrected chi connectivity index (χ3v) is 11.5. The normalized spacial score (nSPS) is 42.9. The fourth-order valence-corrected chi connectivity index (χ4v) is 9.63. The number of rotatable bonds is 5. The number of carbonyl (C=O) groups excluding carboxylic acids is 2. The lowest BCUT2D eigenvalue weighted by atomic mass is 9.47. The van der Waals surface area contributed by atoms with Crippen molar-refractivity contribution in [2.45, 2.75) is 111 Å². The maximum Gasteiger partial charge on any atom is 0.307 e. The minimum atomic E-state index is -0.00840. The molecule has 0 aromatic carbocycles. The van der Waals surface area contributed by atoms with Crippen LogP contribution in [0.5, 0.6) is 0 Å². The molecule has 0 unspecified atom stereocenters. The number of ether oxygens (including phenoxy) is 1. The van der Waals surface area contributed by atoms with Crippen molar-refractivity contribution < 1.29 is 14.3 Å². The second kappa shape index (κ2) is 9.30. The largest absolute Gasteiger partial charge is 0.462 e. The number of esters is 1. The Kier molecular flexibility index (Phi) is 6.77. The summed E-state index contributed by atoms with van der Waals surface area (Å²) in [4.78, 5) is 27.6. The highest BCUT2D eigenvalue weighted by Gasteiger charge is 2.59. The van der Waals surface area contributed by atoms with Crippen LogP contribution in [-0.4, -0.2) is 42.4 Å². The highest BCUT2D eigenvalue weighted by Crippen LogP contribution is 2.66. The molecule has 4 fully saturated rings. The minimum absolute atomic E-state index is 0.00840. The molecule has 1 heterocycles. The summed E-state index contributed by atoms with van der Waals surface area (Å²) >= 11 is 0. The molecule has 4 aliphatic carbocycles. The van der Waals surface area contributed by atoms with Crippen molar-refractivity contribution in [2.75, 3.05) is 19.6 Å². The van der Waals surface area contributed by atoms with Gasteiger partial charge in [0.05, 0.1) is 6.42 Å². The average molecular weight is 484 g/mol. The Balaban J connectivity index is 1.19. The van der Waals surface area contributed by atoms with Gasteiger partial charge in [0.1, 0.15) is 11.9 Å². The number of carbonyl (C=O) groups is 2. The van der Waals surface area contributed by atoms with Crippen LogP contribution < -0.4 is 0 Å². The van der Waals surface area contributed by atoms with Crippen LogP contribution in [0.25, 0.3) is 0 Å². The highest BCUT2D eigenvalue weighted by atomic mass is 16.5. The zero-order valence-electron chi connectivity index (χ0n) is 23.0. The van der Waals surface area contributed by atoms with E-state index in [9.17, 15) is 9.59 Å². The van der Waals surface area contributed by atoms with Crippen LogP contribution in [0.2, 0.25) is 0 Å². The summed E-state index contributed by atoms with van der Waals surface area (Å²) < 4.78 is 6.05. The molecule has 0 radical (unpaired) electrons. The lowest BCUT2D eigenvalue weighted by molar-refractivity contribution is -0.152. The van der Waals surface area contributed by atoms with Crippen molar-refractivity contribution in [1.29, 1.82) is 0 Å². The molecule has 0 aromatic rings. The van der Waals surface area contributed by atoms with E-state index in [1.165, 1.54) is 32.1 Å². The van der Waals surface area contributed by atoms with Gasteiger partial charge in [0, 0.05) is 25.4 Å². The van der Waals surface area contributed by atoms with E-state index >= 15 is 0 Å². The molecule has 0 N–H and O–H groups in total. The first-order valence-electron chi connectivity index (χ1n) is 14.6. The lowest BCUT2D eigenvalue weighted by Gasteiger charge is -2.58. The van der Waals surface area contributed by atoms with Crippen LogP contribution in [0.3, 0.4) is 0 Å². The highest BCUT2D eigenvalue weighted by molar-refractivity contribution is 5.79. The van der Waals surface area contributed by atoms with Gasteiger partial charge >= 0.3 is 5.97 Å². The average Bonchev–Trinajstić information content (AvgIpc) is 3.15. The standard InChI is InChI=1S/C31H49NO3/c1-21(33)25-9-10-26-24-8-7-22-19-23(11-15-30(22,4)27(24)12-16-31(25,26)5)35-28(34)13-18-32-17-6-14-29(2,3)20-32/h7,23-27H,6,8-20H2,1-5H3/t23-,24+,25-,26+,27+,30-,31+/m0/s1. The number of hydrogen-bond donors (Lipinski definition) is 0. The van der Waals surface area contributed by atoms with Gasteiger partial charge in [0.2, 0.25) is 0 Å². The van der Waals surface area contributed by atoms with Crippen molar-refractivity contribution in [3.05, 3.63) is 11.6 Å². The van der Waals surface area contributed by atoms with Crippen LogP contribution in [0.4, 0.5) is 0 Å². The third-order valence-electron chi connectivity index (χ3n) is 11.5. The Hall–Kier alpha value is -1.16. The second-order valence-electron chi connectivity index (χ2n) is 14.2. The summed E-state index contributed by atoms with van der Waals surface area (Å²) in [5, 5.41) is 0. The van der Waals surface area contributed by atoms with Gasteiger partial charge in [0.15, 0.2) is 0 Å². The predicted molar refractivity (Wildman–Crippen MR) is 140 cm³/mol. The van der Waals surface area contributed by atoms with E-state index in [1.54, 1.807) is 5.57 Å². The van der Waals surface area contributed by atoms with Crippen LogP contribution in [0.15, 0.2) is 11.6 Å². The van der Waals surface area contributed by atoms with Gasteiger partial charge < -0.3 is 9.64 Å². The van der Waals surface area contributed by atoms with Gasteiger partial charge in [-0.25, -0.2) is 0 Å². The zero-order valence-corrected chi connectivity index (χ0v) is 23.0. The number of allylic oxidation sites excluding steroid dienone is 1. The minimum Gasteiger partial charge on any atom is -0.462 e. The van der Waals surface area contributed by atoms with Crippen LogP contribution in [0.1, 0.15) is 105 Å². The van der Waals surface area contributed by atoms with Gasteiger partial charge in [0.25, 0.3) is 0 Å². The SMILES string of the molecule is CC(=O)[C@@H]1CC[C@@H]2[C@H]3CC=C4C[C@@H](OC(=O)CCN5CCCC(C)(C)C5)CC[C@]4(C)[C@@H]3CC[C@@]21C. The van der Waals surface area contributed by atoms with E-state index in [-0.39, 0.29) is 28.8 Å². The monoisotopic (exact) mass is 483 g/mol. The van der Waals surface area contributed by atoms with Gasteiger partial charge in [-0.15, -0.1) is 0 Å². The number of likely N-dealkylation sites (tertiary alicyclic amines) is 1. The smallest absolute Gasteiger partial charge is 0.307 e. The molecule has 35 heavy (non-hydrogen) atoms. The molecule has 3 saturated carbocycles. The van der Waals surface area contributed by atoms with E-state index in [4.69, 9.17) is 4.74 Å². The topological polar surface area (TPSA) is 46.6 Å². The summed E-state index contributed by atoms with van der Waals surface area (Å²) in [5.41, 5.74) is 2.39. The van der Waals surface area contributed by atoms with Crippen molar-refractivity contribution in [2.24, 2.45) is 39.9 Å². The number of nitrogens with zero attached hydrogens (tertiary/aromatic N) is 1. The molecule has 5 aliphatic rings. The fourth-order valence-electron chi connectivity index (χ4n) is 9.63. The summed E-state index contributed by atoms with van der Waals surface area (Å²) in [5.74, 6) is 2.83. The lowest BCUT2D eigenvalue weighted by Crippen LogP contribution is -2.51. The zero-order chi connectivity index (χ0) is 25.0. The number of Topliss-reactive ketones (excluding diaryl/α,β-unsaturated/α-hetero) is 1. The van der Waals surface area contributed by atoms with Crippen molar-refractivity contribution >= 4 is 11.8 Å². The van der Waals surface area contributed by atoms with E-state index in [0.29, 0.717) is 23.5 Å². The molecular weight excluding hydrogens is 434 g/mol. The van der Waals surface area contributed by atoms with Gasteiger partial charge in [-0.3, -0.25) is 9.59 Å². The second-order valence-corrected chi connectivity index (χ2v) is 14.2. The molecule has 0 amide bonds. The Labute approximate surface area is 213 Å². The molecule has 196 valence electrons. The van der Waals surface area contributed by atoms with Crippen LogP contribution >= 0.6 is 0 Å².